The standard InChI is InChI=1S/C17H13ClF3N3O2/c1-26-15(25)16(17(19,20)21)22-14(11-7-9-12(18)10-8-11)24(23-16)13-5-3-2-4-6-13/h2-10,23H,1H3/t16-/m0/s1. The van der Waals surface area contributed by atoms with Gasteiger partial charge < -0.3 is 4.74 Å². The van der Waals surface area contributed by atoms with Gasteiger partial charge in [-0.2, -0.15) is 18.6 Å². The predicted molar refractivity (Wildman–Crippen MR) is 90.8 cm³/mol. The Morgan fingerprint density at radius 3 is 2.31 bits per heavy atom. The molecule has 1 heterocycles. The van der Waals surface area contributed by atoms with Gasteiger partial charge in [-0.25, -0.2) is 9.79 Å². The summed E-state index contributed by atoms with van der Waals surface area (Å²) < 4.78 is 45.7. The Hall–Kier alpha value is -2.58. The van der Waals surface area contributed by atoms with E-state index in [4.69, 9.17) is 11.6 Å². The first kappa shape index (κ1) is 18.2. The van der Waals surface area contributed by atoms with Crippen LogP contribution >= 0.6 is 11.6 Å². The summed E-state index contributed by atoms with van der Waals surface area (Å²) in [5.74, 6) is -1.65. The van der Waals surface area contributed by atoms with Crippen LogP contribution in [0.25, 0.3) is 0 Å². The predicted octanol–water partition coefficient (Wildman–Crippen LogP) is 3.54. The normalized spacial score (nSPS) is 20.0. The van der Waals surface area contributed by atoms with Crippen molar-refractivity contribution in [3.05, 3.63) is 65.2 Å². The molecule has 0 unspecified atom stereocenters. The summed E-state index contributed by atoms with van der Waals surface area (Å²) in [6.07, 6.45) is -5.03. The average molecular weight is 384 g/mol. The van der Waals surface area contributed by atoms with Crippen molar-refractivity contribution in [2.24, 2.45) is 4.99 Å². The zero-order chi connectivity index (χ0) is 18.9. The minimum absolute atomic E-state index is 0.0874. The van der Waals surface area contributed by atoms with E-state index >= 15 is 0 Å². The molecule has 0 amide bonds. The first-order valence-corrected chi connectivity index (χ1v) is 7.80. The molecule has 1 N–H and O–H groups in total. The summed E-state index contributed by atoms with van der Waals surface area (Å²) in [4.78, 5) is 15.7. The van der Waals surface area contributed by atoms with Crippen molar-refractivity contribution in [3.8, 4) is 0 Å². The van der Waals surface area contributed by atoms with Crippen molar-refractivity contribution < 1.29 is 22.7 Å². The number of halogens is 4. The van der Waals surface area contributed by atoms with Gasteiger partial charge in [-0.15, -0.1) is 0 Å². The summed E-state index contributed by atoms with van der Waals surface area (Å²) in [6, 6.07) is 14.3. The molecule has 3 rings (SSSR count). The first-order valence-electron chi connectivity index (χ1n) is 7.42. The molecular weight excluding hydrogens is 371 g/mol. The van der Waals surface area contributed by atoms with Gasteiger partial charge in [0.2, 0.25) is 0 Å². The smallest absolute Gasteiger partial charge is 0.440 e. The molecule has 26 heavy (non-hydrogen) atoms. The molecule has 0 bridgehead atoms. The maximum Gasteiger partial charge on any atom is 0.440 e. The molecule has 0 saturated heterocycles. The van der Waals surface area contributed by atoms with Crippen molar-refractivity contribution >= 4 is 29.1 Å². The average Bonchev–Trinajstić information content (AvgIpc) is 3.04. The number of carbonyl (C=O) groups is 1. The third-order valence-electron chi connectivity index (χ3n) is 3.77. The highest BCUT2D eigenvalue weighted by molar-refractivity contribution is 6.30. The van der Waals surface area contributed by atoms with Gasteiger partial charge in [-0.05, 0) is 36.4 Å². The van der Waals surface area contributed by atoms with Crippen molar-refractivity contribution in [2.75, 3.05) is 12.1 Å². The molecule has 0 aliphatic carbocycles. The van der Waals surface area contributed by atoms with E-state index in [2.05, 4.69) is 15.2 Å². The number of alkyl halides is 3. The highest BCUT2D eigenvalue weighted by Crippen LogP contribution is 2.38. The number of carbonyl (C=O) groups excluding carboxylic acids is 1. The Balaban J connectivity index is 2.18. The molecule has 1 aliphatic heterocycles. The topological polar surface area (TPSA) is 53.9 Å². The summed E-state index contributed by atoms with van der Waals surface area (Å²) in [7, 11) is 0.875. The van der Waals surface area contributed by atoms with Gasteiger partial charge >= 0.3 is 17.8 Å². The summed E-state index contributed by atoms with van der Waals surface area (Å²) in [5.41, 5.74) is -0.352. The zero-order valence-electron chi connectivity index (χ0n) is 13.4. The molecule has 9 heteroatoms. The molecule has 2 aromatic carbocycles. The Morgan fingerprint density at radius 1 is 1.15 bits per heavy atom. The summed E-state index contributed by atoms with van der Waals surface area (Å²) in [6.45, 7) is 0. The van der Waals surface area contributed by atoms with Crippen LogP contribution in [0.5, 0.6) is 0 Å². The minimum atomic E-state index is -5.03. The maximum atomic E-state index is 13.8. The van der Waals surface area contributed by atoms with Crippen molar-refractivity contribution in [1.82, 2.24) is 5.43 Å². The van der Waals surface area contributed by atoms with Gasteiger partial charge in [0.25, 0.3) is 0 Å². The zero-order valence-corrected chi connectivity index (χ0v) is 14.2. The van der Waals surface area contributed by atoms with Crippen LogP contribution in [0.1, 0.15) is 5.56 Å². The van der Waals surface area contributed by atoms with Gasteiger partial charge in [0.1, 0.15) is 0 Å². The number of hydrogen-bond acceptors (Lipinski definition) is 5. The number of esters is 1. The van der Waals surface area contributed by atoms with E-state index in [9.17, 15) is 18.0 Å². The van der Waals surface area contributed by atoms with Crippen LogP contribution in [-0.4, -0.2) is 30.8 Å². The van der Waals surface area contributed by atoms with Crippen molar-refractivity contribution in [2.45, 2.75) is 11.8 Å². The Bertz CT molecular complexity index is 841. The van der Waals surface area contributed by atoms with Gasteiger partial charge in [0.05, 0.1) is 12.8 Å². The Morgan fingerprint density at radius 2 is 1.77 bits per heavy atom. The lowest BCUT2D eigenvalue weighted by Gasteiger charge is -2.29. The molecule has 1 atom stereocenters. The number of nitrogens with one attached hydrogen (secondary N) is 1. The van der Waals surface area contributed by atoms with E-state index < -0.39 is 17.8 Å². The van der Waals surface area contributed by atoms with E-state index in [1.807, 2.05) is 0 Å². The molecule has 0 radical (unpaired) electrons. The minimum Gasteiger partial charge on any atom is -0.466 e. The van der Waals surface area contributed by atoms with Crippen molar-refractivity contribution in [1.29, 1.82) is 0 Å². The number of para-hydroxylation sites is 1. The molecule has 0 saturated carbocycles. The number of benzene rings is 2. The maximum absolute atomic E-state index is 13.8. The number of methoxy groups -OCH3 is 1. The summed E-state index contributed by atoms with van der Waals surface area (Å²) in [5, 5.41) is 1.52. The van der Waals surface area contributed by atoms with Crippen LogP contribution in [0, 0.1) is 0 Å². The summed E-state index contributed by atoms with van der Waals surface area (Å²) >= 11 is 5.85. The second-order valence-corrected chi connectivity index (χ2v) is 5.86. The van der Waals surface area contributed by atoms with Crippen LogP contribution in [0.4, 0.5) is 18.9 Å². The Kier molecular flexibility index (Phi) is 4.64. The largest absolute Gasteiger partial charge is 0.466 e. The third-order valence-corrected chi connectivity index (χ3v) is 4.02. The second-order valence-electron chi connectivity index (χ2n) is 5.42. The van der Waals surface area contributed by atoms with E-state index in [1.54, 1.807) is 30.3 Å². The van der Waals surface area contributed by atoms with Crippen molar-refractivity contribution in [3.63, 3.8) is 0 Å². The Labute approximate surface area is 152 Å². The van der Waals surface area contributed by atoms with E-state index in [0.717, 1.165) is 12.1 Å². The molecule has 5 nitrogen and oxygen atoms in total. The number of amidine groups is 1. The van der Waals surface area contributed by atoms with Crippen LogP contribution in [-0.2, 0) is 9.53 Å². The van der Waals surface area contributed by atoms with Crippen LogP contribution in [0.3, 0.4) is 0 Å². The second kappa shape index (κ2) is 6.62. The van der Waals surface area contributed by atoms with E-state index in [0.29, 0.717) is 16.3 Å². The monoisotopic (exact) mass is 383 g/mol. The molecule has 2 aromatic rings. The fourth-order valence-electron chi connectivity index (χ4n) is 2.49. The highest BCUT2D eigenvalue weighted by atomic mass is 35.5. The van der Waals surface area contributed by atoms with Crippen LogP contribution in [0.2, 0.25) is 5.02 Å². The first-order chi connectivity index (χ1) is 12.3. The van der Waals surface area contributed by atoms with Crippen LogP contribution in [0.15, 0.2) is 59.6 Å². The van der Waals surface area contributed by atoms with E-state index in [-0.39, 0.29) is 5.84 Å². The molecule has 1 aliphatic rings. The van der Waals surface area contributed by atoms with E-state index in [1.165, 1.54) is 24.3 Å². The number of ether oxygens (including phenoxy) is 1. The highest BCUT2D eigenvalue weighted by Gasteiger charge is 2.66. The number of hydrogen-bond donors (Lipinski definition) is 1. The van der Waals surface area contributed by atoms with Gasteiger partial charge in [-0.1, -0.05) is 29.8 Å². The lowest BCUT2D eigenvalue weighted by atomic mass is 10.1. The van der Waals surface area contributed by atoms with Gasteiger partial charge in [0, 0.05) is 10.6 Å². The SMILES string of the molecule is COC(=O)[C@]1(C(F)(F)F)N=C(c2ccc(Cl)cc2)N(c2ccccc2)N1. The van der Waals surface area contributed by atoms with Gasteiger partial charge in [-0.3, -0.25) is 5.01 Å². The molecule has 0 aromatic heterocycles. The third kappa shape index (κ3) is 3.02. The number of nitrogens with zero attached hydrogens (tertiary/aromatic N) is 2. The number of rotatable bonds is 3. The lowest BCUT2D eigenvalue weighted by molar-refractivity contribution is -0.208. The number of hydrazine groups is 1. The van der Waals surface area contributed by atoms with Crippen LogP contribution < -0.4 is 10.4 Å². The number of aliphatic imine (C=N–C) groups is 1. The molecule has 0 fully saturated rings. The molecule has 0 spiro atoms. The molecular formula is C17H13ClF3N3O2. The quantitative estimate of drug-likeness (QED) is 0.824. The van der Waals surface area contributed by atoms with Gasteiger partial charge in [0.15, 0.2) is 5.84 Å². The fourth-order valence-corrected chi connectivity index (χ4v) is 2.61. The number of anilines is 1. The fraction of sp³-hybridized carbons (Fsp3) is 0.176. The lowest BCUT2D eigenvalue weighted by Crippen LogP contribution is -2.62. The molecule has 136 valence electrons.